The van der Waals surface area contributed by atoms with Crippen LogP contribution in [0, 0.1) is 0 Å². The fourth-order valence-corrected chi connectivity index (χ4v) is 2.75. The lowest BCUT2D eigenvalue weighted by Crippen LogP contribution is -2.25. The second-order valence-electron chi connectivity index (χ2n) is 3.95. The molecule has 1 aliphatic heterocycles. The van der Waals surface area contributed by atoms with Crippen molar-refractivity contribution in [2.24, 2.45) is 5.73 Å². The molecule has 0 aliphatic carbocycles. The molecule has 1 atom stereocenters. The number of imide groups is 1. The number of methoxy groups -OCH3 is 1. The van der Waals surface area contributed by atoms with E-state index < -0.39 is 11.2 Å². The van der Waals surface area contributed by atoms with E-state index in [0.29, 0.717) is 17.7 Å². The summed E-state index contributed by atoms with van der Waals surface area (Å²) < 4.78 is 5.18. The molecule has 3 amide bonds. The Hall–Kier alpha value is -2.02. The lowest BCUT2D eigenvalue weighted by Gasteiger charge is -2.13. The first-order chi connectivity index (χ1) is 9.02. The van der Waals surface area contributed by atoms with Crippen LogP contribution in [0.1, 0.15) is 15.9 Å². The molecule has 1 aromatic carbocycles. The number of benzene rings is 1. The molecular formula is C12H12N2O4S. The maximum Gasteiger partial charge on any atom is 0.286 e. The topological polar surface area (TPSA) is 98.5 Å². The van der Waals surface area contributed by atoms with Gasteiger partial charge in [-0.15, -0.1) is 0 Å². The summed E-state index contributed by atoms with van der Waals surface area (Å²) in [4.78, 5) is 33.9. The summed E-state index contributed by atoms with van der Waals surface area (Å²) in [5.74, 6) is -0.581. The van der Waals surface area contributed by atoms with Crippen molar-refractivity contribution in [2.45, 2.75) is 11.7 Å². The van der Waals surface area contributed by atoms with Crippen molar-refractivity contribution >= 4 is 28.8 Å². The summed E-state index contributed by atoms with van der Waals surface area (Å²) >= 11 is 0.931. The van der Waals surface area contributed by atoms with E-state index >= 15 is 0 Å². The van der Waals surface area contributed by atoms with Crippen LogP contribution in [0.25, 0.3) is 0 Å². The van der Waals surface area contributed by atoms with Gasteiger partial charge in [0.2, 0.25) is 5.91 Å². The highest BCUT2D eigenvalue weighted by molar-refractivity contribution is 8.15. The minimum atomic E-state index is -0.599. The Labute approximate surface area is 113 Å². The quantitative estimate of drug-likeness (QED) is 0.845. The number of hydrogen-bond acceptors (Lipinski definition) is 5. The fourth-order valence-electron chi connectivity index (χ4n) is 1.91. The second-order valence-corrected chi connectivity index (χ2v) is 5.13. The van der Waals surface area contributed by atoms with E-state index in [1.807, 2.05) is 0 Å². The van der Waals surface area contributed by atoms with Gasteiger partial charge in [-0.1, -0.05) is 23.9 Å². The first-order valence-corrected chi connectivity index (χ1v) is 6.38. The van der Waals surface area contributed by atoms with Gasteiger partial charge in [0, 0.05) is 0 Å². The summed E-state index contributed by atoms with van der Waals surface area (Å²) in [6.45, 7) is 0. The minimum Gasteiger partial charge on any atom is -0.496 e. The summed E-state index contributed by atoms with van der Waals surface area (Å²) in [5.41, 5.74) is 6.19. The van der Waals surface area contributed by atoms with Gasteiger partial charge < -0.3 is 10.5 Å². The van der Waals surface area contributed by atoms with E-state index in [4.69, 9.17) is 10.5 Å². The van der Waals surface area contributed by atoms with Crippen molar-refractivity contribution < 1.29 is 19.1 Å². The van der Waals surface area contributed by atoms with Gasteiger partial charge in [-0.2, -0.15) is 0 Å². The number of rotatable bonds is 4. The van der Waals surface area contributed by atoms with Crippen LogP contribution in [0.4, 0.5) is 4.79 Å². The second kappa shape index (κ2) is 5.31. The molecule has 0 radical (unpaired) electrons. The number of carbonyl (C=O) groups excluding carboxylic acids is 3. The predicted octanol–water partition coefficient (Wildman–Crippen LogP) is 0.688. The van der Waals surface area contributed by atoms with Gasteiger partial charge in [0.05, 0.1) is 17.9 Å². The molecule has 0 bridgehead atoms. The minimum absolute atomic E-state index is 0.259. The SMILES string of the molecule is COc1c(CC2SC(=O)NC2=O)cccc1C(N)=O. The molecule has 0 spiro atoms. The molecule has 1 saturated heterocycles. The molecule has 1 aliphatic rings. The van der Waals surface area contributed by atoms with Crippen LogP contribution in [0.3, 0.4) is 0 Å². The normalized spacial score (nSPS) is 18.3. The van der Waals surface area contributed by atoms with Gasteiger partial charge in [0.25, 0.3) is 11.1 Å². The largest absolute Gasteiger partial charge is 0.496 e. The number of nitrogens with one attached hydrogen (secondary N) is 1. The third-order valence-electron chi connectivity index (χ3n) is 2.74. The van der Waals surface area contributed by atoms with E-state index in [-0.39, 0.29) is 16.7 Å². The maximum atomic E-state index is 11.5. The number of ether oxygens (including phenoxy) is 1. The van der Waals surface area contributed by atoms with Crippen molar-refractivity contribution in [2.75, 3.05) is 7.11 Å². The Morgan fingerprint density at radius 3 is 2.74 bits per heavy atom. The van der Waals surface area contributed by atoms with Crippen LogP contribution < -0.4 is 15.8 Å². The molecule has 19 heavy (non-hydrogen) atoms. The average Bonchev–Trinajstić information content (AvgIpc) is 2.67. The molecule has 3 N–H and O–H groups in total. The van der Waals surface area contributed by atoms with Crippen LogP contribution in [0.15, 0.2) is 18.2 Å². The highest BCUT2D eigenvalue weighted by Crippen LogP contribution is 2.29. The van der Waals surface area contributed by atoms with Gasteiger partial charge in [0.15, 0.2) is 0 Å². The number of thioether (sulfide) groups is 1. The molecule has 1 heterocycles. The average molecular weight is 280 g/mol. The number of carbonyl (C=O) groups is 3. The zero-order valence-electron chi connectivity index (χ0n) is 10.1. The molecular weight excluding hydrogens is 268 g/mol. The van der Waals surface area contributed by atoms with E-state index in [1.54, 1.807) is 18.2 Å². The number of primary amides is 1. The Morgan fingerprint density at radius 1 is 1.47 bits per heavy atom. The molecule has 1 fully saturated rings. The number of nitrogens with two attached hydrogens (primary N) is 1. The Balaban J connectivity index is 2.30. The van der Waals surface area contributed by atoms with Gasteiger partial charge in [-0.25, -0.2) is 0 Å². The lowest BCUT2D eigenvalue weighted by molar-refractivity contribution is -0.118. The molecule has 0 aromatic heterocycles. The van der Waals surface area contributed by atoms with Crippen LogP contribution in [-0.4, -0.2) is 29.4 Å². The van der Waals surface area contributed by atoms with Crippen molar-refractivity contribution in [1.29, 1.82) is 0 Å². The lowest BCUT2D eigenvalue weighted by atomic mass is 10.0. The maximum absolute atomic E-state index is 11.5. The molecule has 2 rings (SSSR count). The molecule has 0 saturated carbocycles. The third kappa shape index (κ3) is 2.70. The van der Waals surface area contributed by atoms with Crippen LogP contribution in [0.2, 0.25) is 0 Å². The smallest absolute Gasteiger partial charge is 0.286 e. The Bertz CT molecular complexity index is 559. The highest BCUT2D eigenvalue weighted by Gasteiger charge is 2.32. The van der Waals surface area contributed by atoms with E-state index in [9.17, 15) is 14.4 Å². The van der Waals surface area contributed by atoms with E-state index in [1.165, 1.54) is 7.11 Å². The summed E-state index contributed by atoms with van der Waals surface area (Å²) in [5, 5.41) is 1.34. The first-order valence-electron chi connectivity index (χ1n) is 5.50. The Morgan fingerprint density at radius 2 is 2.21 bits per heavy atom. The van der Waals surface area contributed by atoms with Crippen molar-refractivity contribution in [3.8, 4) is 5.75 Å². The van der Waals surface area contributed by atoms with Gasteiger partial charge in [0.1, 0.15) is 5.75 Å². The predicted molar refractivity (Wildman–Crippen MR) is 70.1 cm³/mol. The number of para-hydroxylation sites is 1. The molecule has 6 nitrogen and oxygen atoms in total. The zero-order chi connectivity index (χ0) is 14.0. The monoisotopic (exact) mass is 280 g/mol. The summed E-state index contributed by atoms with van der Waals surface area (Å²) in [6, 6.07) is 4.96. The van der Waals surface area contributed by atoms with Gasteiger partial charge >= 0.3 is 0 Å². The molecule has 7 heteroatoms. The molecule has 1 aromatic rings. The number of hydrogen-bond donors (Lipinski definition) is 2. The van der Waals surface area contributed by atoms with Crippen molar-refractivity contribution in [3.63, 3.8) is 0 Å². The van der Waals surface area contributed by atoms with E-state index in [2.05, 4.69) is 5.32 Å². The van der Waals surface area contributed by atoms with Gasteiger partial charge in [-0.05, 0) is 18.1 Å². The van der Waals surface area contributed by atoms with Crippen LogP contribution in [-0.2, 0) is 11.2 Å². The summed E-state index contributed by atoms with van der Waals surface area (Å²) in [6.07, 6.45) is 0.298. The fraction of sp³-hybridized carbons (Fsp3) is 0.250. The van der Waals surface area contributed by atoms with Crippen molar-refractivity contribution in [1.82, 2.24) is 5.32 Å². The van der Waals surface area contributed by atoms with Crippen molar-refractivity contribution in [3.05, 3.63) is 29.3 Å². The Kier molecular flexibility index (Phi) is 3.75. The molecule has 1 unspecified atom stereocenters. The van der Waals surface area contributed by atoms with Crippen LogP contribution >= 0.6 is 11.8 Å². The first kappa shape index (κ1) is 13.4. The summed E-state index contributed by atoms with van der Waals surface area (Å²) in [7, 11) is 1.43. The number of amides is 3. The van der Waals surface area contributed by atoms with E-state index in [0.717, 1.165) is 11.8 Å². The third-order valence-corrected chi connectivity index (χ3v) is 3.72. The molecule has 100 valence electrons. The standard InChI is InChI=1S/C12H12N2O4S/c1-18-9-6(3-2-4-7(9)10(13)15)5-8-11(16)14-12(17)19-8/h2-4,8H,5H2,1H3,(H2,13,15)(H,14,16,17). The van der Waals surface area contributed by atoms with Crippen LogP contribution in [0.5, 0.6) is 5.75 Å². The zero-order valence-corrected chi connectivity index (χ0v) is 11.0. The highest BCUT2D eigenvalue weighted by atomic mass is 32.2. The van der Waals surface area contributed by atoms with Gasteiger partial charge in [-0.3, -0.25) is 19.7 Å².